The summed E-state index contributed by atoms with van der Waals surface area (Å²) in [4.78, 5) is 0. The standard InChI is InChI=1S/C19H28O2Si2/c1-22(2,16-10-12-17-11-8-9-15-19(17)20)21-23(3,4)18-13-6-5-7-14-18/h5-9,11,13-15,20H,10,12,16H2,1-4H3. The maximum atomic E-state index is 9.86. The van der Waals surface area contributed by atoms with Gasteiger partial charge >= 0.3 is 0 Å². The zero-order valence-electron chi connectivity index (χ0n) is 14.7. The number of aryl methyl sites for hydroxylation is 1. The van der Waals surface area contributed by atoms with Crippen LogP contribution >= 0.6 is 0 Å². The molecule has 0 aliphatic carbocycles. The van der Waals surface area contributed by atoms with Gasteiger partial charge in [-0.15, -0.1) is 0 Å². The lowest BCUT2D eigenvalue weighted by atomic mass is 10.1. The monoisotopic (exact) mass is 344 g/mol. The van der Waals surface area contributed by atoms with Gasteiger partial charge in [0.2, 0.25) is 8.32 Å². The largest absolute Gasteiger partial charge is 0.508 e. The van der Waals surface area contributed by atoms with Crippen LogP contribution in [0.15, 0.2) is 54.6 Å². The third-order valence-electron chi connectivity index (χ3n) is 4.22. The highest BCUT2D eigenvalue weighted by molar-refractivity contribution is 6.92. The number of rotatable bonds is 7. The molecular formula is C19H28O2Si2. The smallest absolute Gasteiger partial charge is 0.205 e. The molecule has 0 unspecified atom stereocenters. The summed E-state index contributed by atoms with van der Waals surface area (Å²) >= 11 is 0. The van der Waals surface area contributed by atoms with Gasteiger partial charge in [0.15, 0.2) is 8.32 Å². The van der Waals surface area contributed by atoms with Gasteiger partial charge in [-0.2, -0.15) is 0 Å². The number of hydrogen-bond donors (Lipinski definition) is 1. The quantitative estimate of drug-likeness (QED) is 0.740. The second kappa shape index (κ2) is 7.47. The van der Waals surface area contributed by atoms with Crippen molar-refractivity contribution in [1.29, 1.82) is 0 Å². The summed E-state index contributed by atoms with van der Waals surface area (Å²) in [5.41, 5.74) is 1.04. The molecule has 2 aromatic rings. The molecule has 0 bridgehead atoms. The minimum Gasteiger partial charge on any atom is -0.508 e. The fraction of sp³-hybridized carbons (Fsp3) is 0.368. The van der Waals surface area contributed by atoms with Crippen molar-refractivity contribution in [2.45, 2.75) is 45.1 Å². The van der Waals surface area contributed by atoms with Crippen LogP contribution in [-0.2, 0) is 10.5 Å². The first-order valence-electron chi connectivity index (χ1n) is 8.33. The summed E-state index contributed by atoms with van der Waals surface area (Å²) in [5.74, 6) is 0.409. The van der Waals surface area contributed by atoms with Crippen molar-refractivity contribution in [2.75, 3.05) is 0 Å². The van der Waals surface area contributed by atoms with Gasteiger partial charge in [0, 0.05) is 0 Å². The van der Waals surface area contributed by atoms with E-state index in [0.29, 0.717) is 5.75 Å². The molecule has 1 N–H and O–H groups in total. The van der Waals surface area contributed by atoms with Crippen molar-refractivity contribution in [2.24, 2.45) is 0 Å². The van der Waals surface area contributed by atoms with Gasteiger partial charge in [-0.1, -0.05) is 48.5 Å². The molecule has 0 aliphatic heterocycles. The zero-order valence-corrected chi connectivity index (χ0v) is 16.7. The summed E-state index contributed by atoms with van der Waals surface area (Å²) in [6.07, 6.45) is 1.98. The molecule has 2 rings (SSSR count). The summed E-state index contributed by atoms with van der Waals surface area (Å²) in [5, 5.41) is 11.2. The van der Waals surface area contributed by atoms with Gasteiger partial charge in [0.1, 0.15) is 5.75 Å². The number of phenolic OH excluding ortho intramolecular Hbond substituents is 1. The number of hydrogen-bond acceptors (Lipinski definition) is 2. The average molecular weight is 345 g/mol. The molecule has 0 spiro atoms. The van der Waals surface area contributed by atoms with Crippen molar-refractivity contribution in [3.8, 4) is 5.75 Å². The van der Waals surface area contributed by atoms with E-state index in [2.05, 4.69) is 56.5 Å². The molecule has 0 amide bonds. The Kier molecular flexibility index (Phi) is 5.84. The number of benzene rings is 2. The molecule has 0 radical (unpaired) electrons. The second-order valence-corrected chi connectivity index (χ2v) is 15.7. The first-order chi connectivity index (χ1) is 10.8. The van der Waals surface area contributed by atoms with Crippen LogP contribution in [0.25, 0.3) is 0 Å². The molecule has 0 heterocycles. The van der Waals surface area contributed by atoms with Crippen molar-refractivity contribution in [1.82, 2.24) is 0 Å². The number of aromatic hydroxyl groups is 1. The molecule has 23 heavy (non-hydrogen) atoms. The van der Waals surface area contributed by atoms with E-state index < -0.39 is 16.6 Å². The van der Waals surface area contributed by atoms with Gasteiger partial charge in [-0.25, -0.2) is 0 Å². The lowest BCUT2D eigenvalue weighted by molar-refractivity contribution is 0.467. The SMILES string of the molecule is C[Si](C)(CCCc1ccccc1O)O[Si](C)(C)c1ccccc1. The summed E-state index contributed by atoms with van der Waals surface area (Å²) in [6, 6.07) is 19.4. The topological polar surface area (TPSA) is 29.5 Å². The van der Waals surface area contributed by atoms with Gasteiger partial charge in [0.25, 0.3) is 0 Å². The van der Waals surface area contributed by atoms with Crippen LogP contribution in [-0.4, -0.2) is 21.7 Å². The summed E-state index contributed by atoms with van der Waals surface area (Å²) in [6.45, 7) is 9.21. The Morgan fingerprint density at radius 3 is 2.13 bits per heavy atom. The highest BCUT2D eigenvalue weighted by Gasteiger charge is 2.33. The van der Waals surface area contributed by atoms with Crippen molar-refractivity contribution in [3.05, 3.63) is 60.2 Å². The van der Waals surface area contributed by atoms with Crippen molar-refractivity contribution < 1.29 is 9.22 Å². The van der Waals surface area contributed by atoms with Gasteiger partial charge in [-0.3, -0.25) is 0 Å². The predicted octanol–water partition coefficient (Wildman–Crippen LogP) is 4.66. The van der Waals surface area contributed by atoms with Crippen LogP contribution in [0.1, 0.15) is 12.0 Å². The molecule has 2 aromatic carbocycles. The summed E-state index contributed by atoms with van der Waals surface area (Å²) in [7, 11) is -3.56. The molecule has 0 fully saturated rings. The normalized spacial score (nSPS) is 12.3. The van der Waals surface area contributed by atoms with Crippen LogP contribution in [0.5, 0.6) is 5.75 Å². The highest BCUT2D eigenvalue weighted by Crippen LogP contribution is 2.23. The fourth-order valence-electron chi connectivity index (χ4n) is 3.07. The number of para-hydroxylation sites is 1. The second-order valence-electron chi connectivity index (χ2n) is 7.22. The molecule has 0 aliphatic rings. The zero-order chi connectivity index (χ0) is 16.9. The third kappa shape index (κ3) is 5.34. The van der Waals surface area contributed by atoms with Gasteiger partial charge in [0.05, 0.1) is 0 Å². The lowest BCUT2D eigenvalue weighted by Gasteiger charge is -2.34. The molecule has 4 heteroatoms. The Morgan fingerprint density at radius 1 is 0.870 bits per heavy atom. The molecule has 0 saturated heterocycles. The van der Waals surface area contributed by atoms with Gasteiger partial charge < -0.3 is 9.22 Å². The Hall–Kier alpha value is -1.37. The minimum absolute atomic E-state index is 0.409. The average Bonchev–Trinajstić information content (AvgIpc) is 2.49. The van der Waals surface area contributed by atoms with Crippen molar-refractivity contribution in [3.63, 3.8) is 0 Å². The van der Waals surface area contributed by atoms with E-state index >= 15 is 0 Å². The summed E-state index contributed by atoms with van der Waals surface area (Å²) < 4.78 is 6.69. The first-order valence-corrected chi connectivity index (χ1v) is 14.4. The van der Waals surface area contributed by atoms with Crippen molar-refractivity contribution >= 4 is 21.8 Å². The Labute approximate surface area is 142 Å². The predicted molar refractivity (Wildman–Crippen MR) is 103 cm³/mol. The fourth-order valence-corrected chi connectivity index (χ4v) is 11.5. The van der Waals surface area contributed by atoms with Crippen LogP contribution in [0.4, 0.5) is 0 Å². The first kappa shape index (κ1) is 18.0. The van der Waals surface area contributed by atoms with E-state index in [1.165, 1.54) is 5.19 Å². The van der Waals surface area contributed by atoms with Gasteiger partial charge in [-0.05, 0) is 61.9 Å². The highest BCUT2D eigenvalue weighted by atomic mass is 28.4. The molecule has 0 saturated carbocycles. The van der Waals surface area contributed by atoms with E-state index in [1.807, 2.05) is 18.2 Å². The third-order valence-corrected chi connectivity index (χ3v) is 11.8. The molecule has 0 atom stereocenters. The maximum Gasteiger partial charge on any atom is 0.205 e. The molecule has 2 nitrogen and oxygen atoms in total. The Balaban J connectivity index is 1.93. The van der Waals surface area contributed by atoms with E-state index in [9.17, 15) is 5.11 Å². The minimum atomic E-state index is -1.84. The van der Waals surface area contributed by atoms with E-state index in [-0.39, 0.29) is 0 Å². The van der Waals surface area contributed by atoms with Crippen LogP contribution in [0.2, 0.25) is 32.2 Å². The Morgan fingerprint density at radius 2 is 1.48 bits per heavy atom. The van der Waals surface area contributed by atoms with E-state index in [1.54, 1.807) is 6.07 Å². The Bertz CT molecular complexity index is 624. The van der Waals surface area contributed by atoms with Crippen LogP contribution < -0.4 is 5.19 Å². The maximum absolute atomic E-state index is 9.86. The van der Waals surface area contributed by atoms with Crippen LogP contribution in [0.3, 0.4) is 0 Å². The molecular weight excluding hydrogens is 316 g/mol. The lowest BCUT2D eigenvalue weighted by Crippen LogP contribution is -2.52. The molecule has 0 aromatic heterocycles. The number of phenols is 1. The molecule has 124 valence electrons. The van der Waals surface area contributed by atoms with Crippen LogP contribution in [0, 0.1) is 0 Å². The van der Waals surface area contributed by atoms with E-state index in [0.717, 1.165) is 24.4 Å². The van der Waals surface area contributed by atoms with E-state index in [4.69, 9.17) is 4.12 Å².